The molecule has 1 aliphatic heterocycles. The lowest BCUT2D eigenvalue weighted by Crippen LogP contribution is -2.42. The van der Waals surface area contributed by atoms with Crippen LogP contribution in [0.25, 0.3) is 0 Å². The number of rotatable bonds is 4. The molecular formula is C13H17N3O4. The first kappa shape index (κ1) is 14.3. The molecule has 1 aromatic heterocycles. The molecule has 0 aromatic carbocycles. The fourth-order valence-corrected chi connectivity index (χ4v) is 1.94. The van der Waals surface area contributed by atoms with Gasteiger partial charge >= 0.3 is 0 Å². The first-order valence-electron chi connectivity index (χ1n) is 6.49. The summed E-state index contributed by atoms with van der Waals surface area (Å²) >= 11 is 0. The SMILES string of the molecule is O=C(NCCC(=O)N1CCOCC1)c1cc[nH]c(=O)c1. The van der Waals surface area contributed by atoms with Gasteiger partial charge in [0.05, 0.1) is 13.2 Å². The van der Waals surface area contributed by atoms with Crippen LogP contribution >= 0.6 is 0 Å². The Balaban J connectivity index is 1.76. The van der Waals surface area contributed by atoms with E-state index in [1.165, 1.54) is 18.3 Å². The van der Waals surface area contributed by atoms with Gasteiger partial charge in [-0.15, -0.1) is 0 Å². The first-order valence-corrected chi connectivity index (χ1v) is 6.49. The molecule has 0 unspecified atom stereocenters. The number of carbonyl (C=O) groups is 2. The van der Waals surface area contributed by atoms with E-state index in [0.717, 1.165) is 0 Å². The molecule has 2 heterocycles. The number of aromatic nitrogens is 1. The van der Waals surface area contributed by atoms with E-state index in [4.69, 9.17) is 4.74 Å². The van der Waals surface area contributed by atoms with E-state index in [1.54, 1.807) is 4.90 Å². The predicted octanol–water partition coefficient (Wildman–Crippen LogP) is -0.646. The Morgan fingerprint density at radius 3 is 2.80 bits per heavy atom. The van der Waals surface area contributed by atoms with Gasteiger partial charge in [-0.05, 0) is 6.07 Å². The minimum Gasteiger partial charge on any atom is -0.378 e. The minimum absolute atomic E-state index is 0.000455. The van der Waals surface area contributed by atoms with Crippen molar-refractivity contribution in [1.29, 1.82) is 0 Å². The van der Waals surface area contributed by atoms with Gasteiger partial charge < -0.3 is 19.9 Å². The van der Waals surface area contributed by atoms with Crippen molar-refractivity contribution < 1.29 is 14.3 Å². The van der Waals surface area contributed by atoms with Crippen LogP contribution in [-0.2, 0) is 9.53 Å². The van der Waals surface area contributed by atoms with Gasteiger partial charge in [0.2, 0.25) is 11.5 Å². The van der Waals surface area contributed by atoms with E-state index >= 15 is 0 Å². The molecular weight excluding hydrogens is 262 g/mol. The third-order valence-corrected chi connectivity index (χ3v) is 3.03. The van der Waals surface area contributed by atoms with Crippen molar-refractivity contribution in [3.8, 4) is 0 Å². The zero-order valence-corrected chi connectivity index (χ0v) is 11.1. The van der Waals surface area contributed by atoms with Crippen LogP contribution in [0.4, 0.5) is 0 Å². The number of nitrogens with one attached hydrogen (secondary N) is 2. The zero-order valence-electron chi connectivity index (χ0n) is 11.1. The summed E-state index contributed by atoms with van der Waals surface area (Å²) in [5.74, 6) is -0.356. The number of H-pyrrole nitrogens is 1. The summed E-state index contributed by atoms with van der Waals surface area (Å²) in [6.45, 7) is 2.57. The summed E-state index contributed by atoms with van der Waals surface area (Å²) in [6, 6.07) is 2.74. The highest BCUT2D eigenvalue weighted by Gasteiger charge is 2.16. The van der Waals surface area contributed by atoms with Crippen LogP contribution in [-0.4, -0.2) is 54.5 Å². The van der Waals surface area contributed by atoms with Crippen molar-refractivity contribution in [2.24, 2.45) is 0 Å². The number of morpholine rings is 1. The van der Waals surface area contributed by atoms with Gasteiger partial charge in [-0.2, -0.15) is 0 Å². The highest BCUT2D eigenvalue weighted by Crippen LogP contribution is 2.00. The summed E-state index contributed by atoms with van der Waals surface area (Å²) in [6.07, 6.45) is 1.66. The van der Waals surface area contributed by atoms with Crippen LogP contribution in [0.3, 0.4) is 0 Å². The van der Waals surface area contributed by atoms with Gasteiger partial charge in [-0.3, -0.25) is 14.4 Å². The topological polar surface area (TPSA) is 91.5 Å². The zero-order chi connectivity index (χ0) is 14.4. The van der Waals surface area contributed by atoms with E-state index < -0.39 is 0 Å². The molecule has 108 valence electrons. The third kappa shape index (κ3) is 3.92. The maximum absolute atomic E-state index is 11.8. The molecule has 7 heteroatoms. The van der Waals surface area contributed by atoms with Crippen molar-refractivity contribution in [3.63, 3.8) is 0 Å². The lowest BCUT2D eigenvalue weighted by molar-refractivity contribution is -0.135. The molecule has 1 aliphatic rings. The molecule has 0 bridgehead atoms. The molecule has 0 atom stereocenters. The van der Waals surface area contributed by atoms with E-state index in [2.05, 4.69) is 10.3 Å². The van der Waals surface area contributed by atoms with Crippen LogP contribution in [0.1, 0.15) is 16.8 Å². The van der Waals surface area contributed by atoms with Crippen molar-refractivity contribution >= 4 is 11.8 Å². The van der Waals surface area contributed by atoms with Crippen molar-refractivity contribution in [2.45, 2.75) is 6.42 Å². The Bertz CT molecular complexity index is 534. The maximum atomic E-state index is 11.8. The Morgan fingerprint density at radius 1 is 1.35 bits per heavy atom. The van der Waals surface area contributed by atoms with Crippen LogP contribution in [0.5, 0.6) is 0 Å². The predicted molar refractivity (Wildman–Crippen MR) is 71.4 cm³/mol. The summed E-state index contributed by atoms with van der Waals surface area (Å²) in [4.78, 5) is 38.8. The molecule has 0 aliphatic carbocycles. The molecule has 1 fully saturated rings. The highest BCUT2D eigenvalue weighted by molar-refractivity contribution is 5.94. The molecule has 1 aromatic rings. The van der Waals surface area contributed by atoms with Gasteiger partial charge in [-0.25, -0.2) is 0 Å². The second kappa shape index (κ2) is 6.85. The fourth-order valence-electron chi connectivity index (χ4n) is 1.94. The quantitative estimate of drug-likeness (QED) is 0.766. The molecule has 0 saturated carbocycles. The maximum Gasteiger partial charge on any atom is 0.251 e. The van der Waals surface area contributed by atoms with Crippen molar-refractivity contribution in [2.75, 3.05) is 32.8 Å². The first-order chi connectivity index (χ1) is 9.66. The molecule has 1 saturated heterocycles. The second-order valence-corrected chi connectivity index (χ2v) is 4.44. The van der Waals surface area contributed by atoms with Gasteiger partial charge in [-0.1, -0.05) is 0 Å². The van der Waals surface area contributed by atoms with E-state index in [0.29, 0.717) is 26.3 Å². The monoisotopic (exact) mass is 279 g/mol. The normalized spacial score (nSPS) is 14.9. The number of amides is 2. The lowest BCUT2D eigenvalue weighted by atomic mass is 10.2. The van der Waals surface area contributed by atoms with Crippen molar-refractivity contribution in [1.82, 2.24) is 15.2 Å². The second-order valence-electron chi connectivity index (χ2n) is 4.44. The molecule has 7 nitrogen and oxygen atoms in total. The largest absolute Gasteiger partial charge is 0.378 e. The van der Waals surface area contributed by atoms with Crippen molar-refractivity contribution in [3.05, 3.63) is 34.2 Å². The summed E-state index contributed by atoms with van der Waals surface area (Å²) < 4.78 is 5.17. The molecule has 0 spiro atoms. The number of hydrogen-bond donors (Lipinski definition) is 2. The van der Waals surface area contributed by atoms with Gasteiger partial charge in [0.1, 0.15) is 0 Å². The van der Waals surface area contributed by atoms with Gasteiger partial charge in [0.25, 0.3) is 5.91 Å². The van der Waals surface area contributed by atoms with Crippen LogP contribution in [0, 0.1) is 0 Å². The Hall–Kier alpha value is -2.15. The van der Waals surface area contributed by atoms with Crippen LogP contribution in [0.15, 0.2) is 23.1 Å². The van der Waals surface area contributed by atoms with Gasteiger partial charge in [0.15, 0.2) is 0 Å². The molecule has 2 amide bonds. The minimum atomic E-state index is -0.356. The van der Waals surface area contributed by atoms with E-state index in [1.807, 2.05) is 0 Å². The third-order valence-electron chi connectivity index (χ3n) is 3.03. The molecule has 20 heavy (non-hydrogen) atoms. The summed E-state index contributed by atoms with van der Waals surface area (Å²) in [5.41, 5.74) is -0.0467. The number of carbonyl (C=O) groups excluding carboxylic acids is 2. The number of ether oxygens (including phenoxy) is 1. The lowest BCUT2D eigenvalue weighted by Gasteiger charge is -2.26. The van der Waals surface area contributed by atoms with Gasteiger partial charge in [0, 0.05) is 43.9 Å². The standard InChI is InChI=1S/C13H17N3O4/c17-11-9-10(1-3-14-11)13(19)15-4-2-12(18)16-5-7-20-8-6-16/h1,3,9H,2,4-8H2,(H,14,17)(H,15,19). The summed E-state index contributed by atoms with van der Waals surface area (Å²) in [5, 5.41) is 2.63. The average molecular weight is 279 g/mol. The Labute approximate surface area is 115 Å². The number of nitrogens with zero attached hydrogens (tertiary/aromatic N) is 1. The molecule has 2 rings (SSSR count). The Morgan fingerprint density at radius 2 is 2.10 bits per heavy atom. The van der Waals surface area contributed by atoms with E-state index in [9.17, 15) is 14.4 Å². The van der Waals surface area contributed by atoms with Crippen LogP contribution in [0.2, 0.25) is 0 Å². The average Bonchev–Trinajstić information content (AvgIpc) is 2.48. The number of aromatic amines is 1. The number of pyridine rings is 1. The molecule has 2 N–H and O–H groups in total. The summed E-state index contributed by atoms with van der Waals surface area (Å²) in [7, 11) is 0. The van der Waals surface area contributed by atoms with E-state index in [-0.39, 0.29) is 35.9 Å². The fraction of sp³-hybridized carbons (Fsp3) is 0.462. The number of hydrogen-bond acceptors (Lipinski definition) is 4. The van der Waals surface area contributed by atoms with Crippen LogP contribution < -0.4 is 10.9 Å². The Kier molecular flexibility index (Phi) is 4.89. The smallest absolute Gasteiger partial charge is 0.251 e. The highest BCUT2D eigenvalue weighted by atomic mass is 16.5. The molecule has 0 radical (unpaired) electrons.